The fourth-order valence-electron chi connectivity index (χ4n) is 2.24. The molecule has 1 heterocycles. The van der Waals surface area contributed by atoms with Gasteiger partial charge in [-0.3, -0.25) is 4.79 Å². The lowest BCUT2D eigenvalue weighted by Crippen LogP contribution is -2.27. The molecule has 0 spiro atoms. The quantitative estimate of drug-likeness (QED) is 0.804. The van der Waals surface area contributed by atoms with Crippen molar-refractivity contribution in [1.82, 2.24) is 5.32 Å². The van der Waals surface area contributed by atoms with Crippen molar-refractivity contribution in [2.75, 3.05) is 18.5 Å². The summed E-state index contributed by atoms with van der Waals surface area (Å²) in [5, 5.41) is 6.18. The maximum absolute atomic E-state index is 11.9. The highest BCUT2D eigenvalue weighted by Gasteiger charge is 2.29. The standard InChI is InChI=1S/C16H24N2O2/c1-4-8-17-15-13-6-5-12(20-9-7-11(2)3)10-14(13)18-16(15)19/h5-6,10-11,15,17H,4,7-9H2,1-3H3,(H,18,19). The van der Waals surface area contributed by atoms with E-state index in [0.717, 1.165) is 36.4 Å². The maximum atomic E-state index is 11.9. The topological polar surface area (TPSA) is 50.4 Å². The van der Waals surface area contributed by atoms with Crippen LogP contribution in [0.5, 0.6) is 5.75 Å². The van der Waals surface area contributed by atoms with E-state index < -0.39 is 0 Å². The van der Waals surface area contributed by atoms with Crippen molar-refractivity contribution in [3.8, 4) is 5.75 Å². The largest absolute Gasteiger partial charge is 0.494 e. The van der Waals surface area contributed by atoms with Gasteiger partial charge in [0.15, 0.2) is 0 Å². The molecule has 0 aromatic heterocycles. The Morgan fingerprint density at radius 1 is 1.40 bits per heavy atom. The van der Waals surface area contributed by atoms with Crippen LogP contribution in [0.4, 0.5) is 5.69 Å². The highest BCUT2D eigenvalue weighted by Crippen LogP contribution is 2.33. The zero-order valence-corrected chi connectivity index (χ0v) is 12.5. The molecule has 1 aromatic rings. The zero-order valence-electron chi connectivity index (χ0n) is 12.5. The number of anilines is 1. The van der Waals surface area contributed by atoms with Crippen LogP contribution in [0, 0.1) is 5.92 Å². The molecule has 0 radical (unpaired) electrons. The zero-order chi connectivity index (χ0) is 14.5. The first-order valence-corrected chi connectivity index (χ1v) is 7.42. The minimum Gasteiger partial charge on any atom is -0.494 e. The first-order valence-electron chi connectivity index (χ1n) is 7.42. The Balaban J connectivity index is 2.02. The lowest BCUT2D eigenvalue weighted by molar-refractivity contribution is -0.117. The lowest BCUT2D eigenvalue weighted by atomic mass is 10.1. The van der Waals surface area contributed by atoms with E-state index in [9.17, 15) is 4.79 Å². The number of fused-ring (bicyclic) bond motifs is 1. The Morgan fingerprint density at radius 2 is 2.20 bits per heavy atom. The third-order valence-corrected chi connectivity index (χ3v) is 3.42. The first kappa shape index (κ1) is 14.9. The second-order valence-electron chi connectivity index (χ2n) is 5.66. The molecule has 1 aromatic carbocycles. The minimum absolute atomic E-state index is 0.0211. The van der Waals surface area contributed by atoms with E-state index in [1.807, 2.05) is 18.2 Å². The molecule has 1 atom stereocenters. The van der Waals surface area contributed by atoms with Crippen LogP contribution in [0.2, 0.25) is 0 Å². The molecule has 0 bridgehead atoms. The van der Waals surface area contributed by atoms with Crippen molar-refractivity contribution in [1.29, 1.82) is 0 Å². The third-order valence-electron chi connectivity index (χ3n) is 3.42. The van der Waals surface area contributed by atoms with Crippen LogP contribution >= 0.6 is 0 Å². The van der Waals surface area contributed by atoms with Crippen molar-refractivity contribution in [3.05, 3.63) is 23.8 Å². The molecular weight excluding hydrogens is 252 g/mol. The van der Waals surface area contributed by atoms with E-state index in [1.54, 1.807) is 0 Å². The molecule has 4 heteroatoms. The maximum Gasteiger partial charge on any atom is 0.246 e. The monoisotopic (exact) mass is 276 g/mol. The second-order valence-corrected chi connectivity index (χ2v) is 5.66. The molecule has 1 aliphatic rings. The molecular formula is C16H24N2O2. The molecule has 2 N–H and O–H groups in total. The Labute approximate surface area is 120 Å². The van der Waals surface area contributed by atoms with E-state index in [0.29, 0.717) is 12.5 Å². The van der Waals surface area contributed by atoms with Crippen molar-refractivity contribution in [3.63, 3.8) is 0 Å². The van der Waals surface area contributed by atoms with Gasteiger partial charge in [0, 0.05) is 17.3 Å². The molecule has 4 nitrogen and oxygen atoms in total. The predicted molar refractivity (Wildman–Crippen MR) is 81.1 cm³/mol. The summed E-state index contributed by atoms with van der Waals surface area (Å²) < 4.78 is 5.72. The fourth-order valence-corrected chi connectivity index (χ4v) is 2.24. The Bertz CT molecular complexity index is 472. The second kappa shape index (κ2) is 6.75. The molecule has 1 aliphatic heterocycles. The minimum atomic E-state index is -0.227. The van der Waals surface area contributed by atoms with Crippen LogP contribution in [-0.2, 0) is 4.79 Å². The molecule has 0 saturated carbocycles. The SMILES string of the molecule is CCCNC1C(=O)Nc2cc(OCCC(C)C)ccc21. The van der Waals surface area contributed by atoms with Gasteiger partial charge < -0.3 is 15.4 Å². The summed E-state index contributed by atoms with van der Waals surface area (Å²) in [6, 6.07) is 5.61. The molecule has 0 aliphatic carbocycles. The molecule has 2 rings (SSSR count). The smallest absolute Gasteiger partial charge is 0.246 e. The van der Waals surface area contributed by atoms with Gasteiger partial charge in [-0.15, -0.1) is 0 Å². The number of benzene rings is 1. The Morgan fingerprint density at radius 3 is 2.90 bits per heavy atom. The van der Waals surface area contributed by atoms with E-state index in [1.165, 1.54) is 0 Å². The first-order chi connectivity index (χ1) is 9.61. The molecule has 1 unspecified atom stereocenters. The number of ether oxygens (including phenoxy) is 1. The van der Waals surface area contributed by atoms with Crippen molar-refractivity contribution >= 4 is 11.6 Å². The summed E-state index contributed by atoms with van der Waals surface area (Å²) >= 11 is 0. The summed E-state index contributed by atoms with van der Waals surface area (Å²) in [5.41, 5.74) is 1.88. The number of nitrogens with one attached hydrogen (secondary N) is 2. The average molecular weight is 276 g/mol. The van der Waals surface area contributed by atoms with Gasteiger partial charge in [-0.1, -0.05) is 26.8 Å². The summed E-state index contributed by atoms with van der Waals surface area (Å²) in [6.45, 7) is 7.99. The average Bonchev–Trinajstić information content (AvgIpc) is 2.71. The van der Waals surface area contributed by atoms with Crippen LogP contribution in [0.25, 0.3) is 0 Å². The number of hydrogen-bond acceptors (Lipinski definition) is 3. The van der Waals surface area contributed by atoms with Crippen molar-refractivity contribution in [2.45, 2.75) is 39.7 Å². The number of rotatable bonds is 7. The van der Waals surface area contributed by atoms with E-state index in [4.69, 9.17) is 4.74 Å². The number of amides is 1. The van der Waals surface area contributed by atoms with Crippen LogP contribution in [0.15, 0.2) is 18.2 Å². The van der Waals surface area contributed by atoms with Gasteiger partial charge in [-0.05, 0) is 31.4 Å². The molecule has 110 valence electrons. The molecule has 1 amide bonds. The third kappa shape index (κ3) is 3.51. The van der Waals surface area contributed by atoms with Gasteiger partial charge in [0.2, 0.25) is 5.91 Å². The highest BCUT2D eigenvalue weighted by atomic mass is 16.5. The summed E-state index contributed by atoms with van der Waals surface area (Å²) in [5.74, 6) is 1.47. The van der Waals surface area contributed by atoms with Crippen molar-refractivity contribution in [2.24, 2.45) is 5.92 Å². The van der Waals surface area contributed by atoms with Gasteiger partial charge in [0.1, 0.15) is 11.8 Å². The highest BCUT2D eigenvalue weighted by molar-refractivity contribution is 6.02. The summed E-state index contributed by atoms with van der Waals surface area (Å²) in [6.07, 6.45) is 2.04. The van der Waals surface area contributed by atoms with Crippen LogP contribution < -0.4 is 15.4 Å². The number of carbonyl (C=O) groups is 1. The number of carbonyl (C=O) groups excluding carboxylic acids is 1. The van der Waals surface area contributed by atoms with Gasteiger partial charge >= 0.3 is 0 Å². The van der Waals surface area contributed by atoms with Crippen molar-refractivity contribution < 1.29 is 9.53 Å². The lowest BCUT2D eigenvalue weighted by Gasteiger charge is -2.11. The molecule has 20 heavy (non-hydrogen) atoms. The van der Waals surface area contributed by atoms with Crippen LogP contribution in [0.1, 0.15) is 45.2 Å². The Kier molecular flexibility index (Phi) is 5.01. The van der Waals surface area contributed by atoms with E-state index in [-0.39, 0.29) is 11.9 Å². The van der Waals surface area contributed by atoms with E-state index >= 15 is 0 Å². The molecule has 0 fully saturated rings. The summed E-state index contributed by atoms with van der Waals surface area (Å²) in [7, 11) is 0. The summed E-state index contributed by atoms with van der Waals surface area (Å²) in [4.78, 5) is 11.9. The molecule has 0 saturated heterocycles. The van der Waals surface area contributed by atoms with Gasteiger partial charge in [0.05, 0.1) is 6.61 Å². The Hall–Kier alpha value is -1.55. The number of hydrogen-bond donors (Lipinski definition) is 2. The fraction of sp³-hybridized carbons (Fsp3) is 0.562. The van der Waals surface area contributed by atoms with E-state index in [2.05, 4.69) is 31.4 Å². The normalized spacial score (nSPS) is 17.2. The van der Waals surface area contributed by atoms with Crippen LogP contribution in [-0.4, -0.2) is 19.1 Å². The van der Waals surface area contributed by atoms with Gasteiger partial charge in [-0.25, -0.2) is 0 Å². The van der Waals surface area contributed by atoms with Gasteiger partial charge in [-0.2, -0.15) is 0 Å². The van der Waals surface area contributed by atoms with Crippen LogP contribution in [0.3, 0.4) is 0 Å². The van der Waals surface area contributed by atoms with Gasteiger partial charge in [0.25, 0.3) is 0 Å². The predicted octanol–water partition coefficient (Wildman–Crippen LogP) is 3.10.